The number of nitrogens with one attached hydrogen (secondary N) is 2. The molecule has 1 aliphatic rings. The maximum atomic E-state index is 12.3. The molecule has 0 atom stereocenters. The maximum Gasteiger partial charge on any atom is 0.245 e. The Labute approximate surface area is 134 Å². The summed E-state index contributed by atoms with van der Waals surface area (Å²) in [6.45, 7) is 2.00. The van der Waals surface area contributed by atoms with Gasteiger partial charge in [0.25, 0.3) is 0 Å². The van der Waals surface area contributed by atoms with Crippen LogP contribution in [0.3, 0.4) is 0 Å². The molecule has 2 aromatic rings. The third-order valence-corrected chi connectivity index (χ3v) is 4.90. The third kappa shape index (κ3) is 3.80. The summed E-state index contributed by atoms with van der Waals surface area (Å²) in [5, 5.41) is 6.77. The molecular weight excluding hydrogens is 320 g/mol. The molecule has 2 N–H and O–H groups in total. The van der Waals surface area contributed by atoms with E-state index in [9.17, 15) is 8.42 Å². The Morgan fingerprint density at radius 3 is 2.78 bits per heavy atom. The minimum atomic E-state index is -3.52. The minimum Gasteiger partial charge on any atom is -0.495 e. The molecule has 1 heterocycles. The van der Waals surface area contributed by atoms with Gasteiger partial charge in [-0.15, -0.1) is 0 Å². The van der Waals surface area contributed by atoms with Crippen molar-refractivity contribution in [3.63, 3.8) is 0 Å². The van der Waals surface area contributed by atoms with Crippen molar-refractivity contribution in [2.75, 3.05) is 12.4 Å². The fourth-order valence-electron chi connectivity index (χ4n) is 2.06. The third-order valence-electron chi connectivity index (χ3n) is 3.38. The van der Waals surface area contributed by atoms with Gasteiger partial charge < -0.3 is 14.6 Å². The number of aromatic nitrogens is 2. The number of hydrogen-bond acceptors (Lipinski definition) is 7. The highest BCUT2D eigenvalue weighted by Gasteiger charge is 2.28. The Morgan fingerprint density at radius 2 is 2.17 bits per heavy atom. The highest BCUT2D eigenvalue weighted by atomic mass is 32.2. The summed E-state index contributed by atoms with van der Waals surface area (Å²) in [5.74, 6) is 1.49. The van der Waals surface area contributed by atoms with Gasteiger partial charge in [0.2, 0.25) is 15.9 Å². The first-order chi connectivity index (χ1) is 11.0. The lowest BCUT2D eigenvalue weighted by atomic mass is 10.3. The normalized spacial score (nSPS) is 14.7. The zero-order chi connectivity index (χ0) is 16.4. The molecule has 1 aliphatic carbocycles. The molecule has 3 rings (SSSR count). The first-order valence-electron chi connectivity index (χ1n) is 7.21. The molecule has 8 nitrogen and oxygen atoms in total. The molecule has 1 fully saturated rings. The number of ether oxygens (including phenoxy) is 1. The van der Waals surface area contributed by atoms with Crippen LogP contribution in [0.25, 0.3) is 0 Å². The summed E-state index contributed by atoms with van der Waals surface area (Å²) in [6.07, 6.45) is 1.77. The SMILES string of the molecule is COc1ccc(S(=O)(=O)NC2CC2)cc1NCc1nc(C)no1. The zero-order valence-electron chi connectivity index (χ0n) is 12.9. The summed E-state index contributed by atoms with van der Waals surface area (Å²) in [5.41, 5.74) is 0.544. The van der Waals surface area contributed by atoms with Gasteiger partial charge in [-0.1, -0.05) is 5.16 Å². The van der Waals surface area contributed by atoms with E-state index in [0.717, 1.165) is 12.8 Å². The van der Waals surface area contributed by atoms with Gasteiger partial charge in [-0.05, 0) is 38.0 Å². The van der Waals surface area contributed by atoms with Crippen LogP contribution in [0.2, 0.25) is 0 Å². The Bertz CT molecular complexity index is 799. The lowest BCUT2D eigenvalue weighted by molar-refractivity contribution is 0.379. The number of nitrogens with zero attached hydrogens (tertiary/aromatic N) is 2. The van der Waals surface area contributed by atoms with Crippen LogP contribution in [0, 0.1) is 6.92 Å². The van der Waals surface area contributed by atoms with Crippen molar-refractivity contribution >= 4 is 15.7 Å². The van der Waals surface area contributed by atoms with Crippen molar-refractivity contribution in [2.24, 2.45) is 0 Å². The number of benzene rings is 1. The molecule has 0 unspecified atom stereocenters. The predicted octanol–water partition coefficient (Wildman–Crippen LogP) is 1.44. The van der Waals surface area contributed by atoms with Crippen molar-refractivity contribution in [1.82, 2.24) is 14.9 Å². The monoisotopic (exact) mass is 338 g/mol. The summed E-state index contributed by atoms with van der Waals surface area (Å²) >= 11 is 0. The van der Waals surface area contributed by atoms with Crippen molar-refractivity contribution in [3.05, 3.63) is 29.9 Å². The van der Waals surface area contributed by atoms with Crippen LogP contribution >= 0.6 is 0 Å². The highest BCUT2D eigenvalue weighted by molar-refractivity contribution is 7.89. The van der Waals surface area contributed by atoms with Crippen molar-refractivity contribution in [3.8, 4) is 5.75 Å². The minimum absolute atomic E-state index is 0.0554. The summed E-state index contributed by atoms with van der Waals surface area (Å²) in [4.78, 5) is 4.28. The molecule has 9 heteroatoms. The molecule has 0 amide bonds. The van der Waals surface area contributed by atoms with Gasteiger partial charge in [0.1, 0.15) is 5.75 Å². The molecule has 1 saturated carbocycles. The van der Waals surface area contributed by atoms with Crippen LogP contribution in [0.1, 0.15) is 24.6 Å². The standard InChI is InChI=1S/C14H18N4O4S/c1-9-16-14(22-17-9)8-15-12-7-11(5-6-13(12)21-2)23(19,20)18-10-3-4-10/h5-7,10,15,18H,3-4,8H2,1-2H3. The van der Waals surface area contributed by atoms with Crippen LogP contribution in [0.15, 0.2) is 27.6 Å². The smallest absolute Gasteiger partial charge is 0.245 e. The van der Waals surface area contributed by atoms with Gasteiger partial charge in [0.15, 0.2) is 5.82 Å². The Hall–Kier alpha value is -2.13. The lowest BCUT2D eigenvalue weighted by Gasteiger charge is -2.12. The van der Waals surface area contributed by atoms with E-state index in [1.807, 2.05) is 0 Å². The fraction of sp³-hybridized carbons (Fsp3) is 0.429. The Balaban J connectivity index is 1.80. The molecular formula is C14H18N4O4S. The zero-order valence-corrected chi connectivity index (χ0v) is 13.7. The van der Waals surface area contributed by atoms with Gasteiger partial charge >= 0.3 is 0 Å². The molecule has 1 aromatic carbocycles. The van der Waals surface area contributed by atoms with Crippen LogP contribution < -0.4 is 14.8 Å². The van der Waals surface area contributed by atoms with E-state index in [1.165, 1.54) is 19.2 Å². The van der Waals surface area contributed by atoms with Gasteiger partial charge in [-0.25, -0.2) is 13.1 Å². The second-order valence-electron chi connectivity index (χ2n) is 5.35. The molecule has 0 bridgehead atoms. The van der Waals surface area contributed by atoms with E-state index >= 15 is 0 Å². The van der Waals surface area contributed by atoms with Gasteiger partial charge in [0.05, 0.1) is 24.2 Å². The maximum absolute atomic E-state index is 12.3. The van der Waals surface area contributed by atoms with E-state index in [0.29, 0.717) is 23.2 Å². The van der Waals surface area contributed by atoms with Crippen LogP contribution in [0.4, 0.5) is 5.69 Å². The predicted molar refractivity (Wildman–Crippen MR) is 82.7 cm³/mol. The first-order valence-corrected chi connectivity index (χ1v) is 8.69. The fourth-order valence-corrected chi connectivity index (χ4v) is 3.39. The average molecular weight is 338 g/mol. The average Bonchev–Trinajstić information content (AvgIpc) is 3.23. The molecule has 23 heavy (non-hydrogen) atoms. The first kappa shape index (κ1) is 15.8. The molecule has 0 aliphatic heterocycles. The number of anilines is 1. The van der Waals surface area contributed by atoms with Crippen molar-refractivity contribution in [1.29, 1.82) is 0 Å². The van der Waals surface area contributed by atoms with Gasteiger partial charge in [-0.2, -0.15) is 4.98 Å². The molecule has 0 radical (unpaired) electrons. The topological polar surface area (TPSA) is 106 Å². The number of hydrogen-bond donors (Lipinski definition) is 2. The Morgan fingerprint density at radius 1 is 1.39 bits per heavy atom. The van der Waals surface area contributed by atoms with Gasteiger partial charge in [-0.3, -0.25) is 0 Å². The number of rotatable bonds is 7. The Kier molecular flexibility index (Phi) is 4.22. The summed E-state index contributed by atoms with van der Waals surface area (Å²) in [6, 6.07) is 4.72. The van der Waals surface area contributed by atoms with Crippen molar-refractivity contribution < 1.29 is 17.7 Å². The molecule has 1 aromatic heterocycles. The van der Waals surface area contributed by atoms with E-state index in [2.05, 4.69) is 20.2 Å². The summed E-state index contributed by atoms with van der Waals surface area (Å²) < 4.78 is 37.5. The van der Waals surface area contributed by atoms with Crippen LogP contribution in [-0.2, 0) is 16.6 Å². The van der Waals surface area contributed by atoms with E-state index < -0.39 is 10.0 Å². The molecule has 124 valence electrons. The largest absolute Gasteiger partial charge is 0.495 e. The second kappa shape index (κ2) is 6.17. The number of aryl methyl sites for hydroxylation is 1. The molecule has 0 spiro atoms. The quantitative estimate of drug-likeness (QED) is 0.786. The van der Waals surface area contributed by atoms with Crippen LogP contribution in [-0.4, -0.2) is 31.7 Å². The van der Waals surface area contributed by atoms with Crippen LogP contribution in [0.5, 0.6) is 5.75 Å². The lowest BCUT2D eigenvalue weighted by Crippen LogP contribution is -2.25. The van der Waals surface area contributed by atoms with Gasteiger partial charge in [0, 0.05) is 6.04 Å². The highest BCUT2D eigenvalue weighted by Crippen LogP contribution is 2.29. The van der Waals surface area contributed by atoms with E-state index in [4.69, 9.17) is 9.26 Å². The summed E-state index contributed by atoms with van der Waals surface area (Å²) in [7, 11) is -2.00. The number of methoxy groups -OCH3 is 1. The van der Waals surface area contributed by atoms with E-state index in [1.54, 1.807) is 13.0 Å². The van der Waals surface area contributed by atoms with E-state index in [-0.39, 0.29) is 17.5 Å². The number of sulfonamides is 1. The van der Waals surface area contributed by atoms with Crippen molar-refractivity contribution in [2.45, 2.75) is 37.2 Å². The second-order valence-corrected chi connectivity index (χ2v) is 7.06. The molecule has 0 saturated heterocycles.